The van der Waals surface area contributed by atoms with Gasteiger partial charge in [-0.05, 0) is 30.4 Å². The van der Waals surface area contributed by atoms with Gasteiger partial charge in [0, 0.05) is 16.3 Å². The summed E-state index contributed by atoms with van der Waals surface area (Å²) < 4.78 is 0. The molecule has 0 aromatic heterocycles. The number of nitrogens with one attached hydrogen (secondary N) is 1. The van der Waals surface area contributed by atoms with E-state index < -0.39 is 0 Å². The van der Waals surface area contributed by atoms with Crippen LogP contribution in [-0.2, 0) is 6.42 Å². The molecular weight excluding hydrogens is 346 g/mol. The first kappa shape index (κ1) is 16.1. The van der Waals surface area contributed by atoms with Gasteiger partial charge in [0.1, 0.15) is 0 Å². The van der Waals surface area contributed by atoms with E-state index in [0.717, 1.165) is 22.2 Å². The van der Waals surface area contributed by atoms with E-state index in [2.05, 4.69) is 33.4 Å². The summed E-state index contributed by atoms with van der Waals surface area (Å²) in [6.45, 7) is 0. The minimum absolute atomic E-state index is 0.0136. The Kier molecular flexibility index (Phi) is 6.33. The van der Waals surface area contributed by atoms with Gasteiger partial charge in [-0.25, -0.2) is 0 Å². The van der Waals surface area contributed by atoms with Crippen molar-refractivity contribution in [1.29, 1.82) is 0 Å². The zero-order chi connectivity index (χ0) is 15.1. The maximum absolute atomic E-state index is 12.4. The van der Waals surface area contributed by atoms with Crippen molar-refractivity contribution in [3.63, 3.8) is 0 Å². The molecule has 0 radical (unpaired) electrons. The lowest BCUT2D eigenvalue weighted by atomic mass is 10.1. The van der Waals surface area contributed by atoms with Crippen LogP contribution in [0, 0.1) is 0 Å². The fraction of sp³-hybridized carbons (Fsp3) is 0.235. The van der Waals surface area contributed by atoms with Gasteiger partial charge in [0.25, 0.3) is 5.91 Å². The molecule has 0 aliphatic heterocycles. The molecule has 2 nitrogen and oxygen atoms in total. The molecule has 2 rings (SSSR count). The molecular formula is C17H18BrNOS. The van der Waals surface area contributed by atoms with Gasteiger partial charge in [-0.2, -0.15) is 0 Å². The third-order valence-electron chi connectivity index (χ3n) is 3.20. The van der Waals surface area contributed by atoms with Crippen molar-refractivity contribution in [2.24, 2.45) is 0 Å². The first-order chi connectivity index (χ1) is 10.2. The molecule has 1 atom stereocenters. The molecule has 0 bridgehead atoms. The van der Waals surface area contributed by atoms with E-state index in [-0.39, 0.29) is 11.9 Å². The van der Waals surface area contributed by atoms with E-state index in [1.165, 1.54) is 5.56 Å². The number of carbonyl (C=O) groups is 1. The van der Waals surface area contributed by atoms with Crippen molar-refractivity contribution in [3.05, 3.63) is 65.7 Å². The molecule has 0 spiro atoms. The molecule has 4 heteroatoms. The Morgan fingerprint density at radius 3 is 2.48 bits per heavy atom. The lowest BCUT2D eigenvalue weighted by Gasteiger charge is -2.17. The summed E-state index contributed by atoms with van der Waals surface area (Å²) in [7, 11) is 0. The van der Waals surface area contributed by atoms with Crippen LogP contribution in [0.5, 0.6) is 0 Å². The number of amides is 1. The fourth-order valence-electron chi connectivity index (χ4n) is 2.14. The summed E-state index contributed by atoms with van der Waals surface area (Å²) >= 11 is 5.08. The normalized spacial score (nSPS) is 11.9. The maximum Gasteiger partial charge on any atom is 0.252 e. The second kappa shape index (κ2) is 8.25. The largest absolute Gasteiger partial charge is 0.348 e. The highest BCUT2D eigenvalue weighted by molar-refractivity contribution is 9.09. The number of halogens is 1. The Bertz CT molecular complexity index is 588. The van der Waals surface area contributed by atoms with Crippen molar-refractivity contribution in [2.75, 3.05) is 11.6 Å². The second-order valence-electron chi connectivity index (χ2n) is 4.71. The molecule has 0 aliphatic rings. The number of rotatable bonds is 6. The van der Waals surface area contributed by atoms with E-state index in [9.17, 15) is 4.79 Å². The molecule has 0 fully saturated rings. The number of hydrogen-bond acceptors (Lipinski definition) is 2. The van der Waals surface area contributed by atoms with Gasteiger partial charge in [0.2, 0.25) is 0 Å². The van der Waals surface area contributed by atoms with Gasteiger partial charge in [0.05, 0.1) is 5.56 Å². The Labute approximate surface area is 138 Å². The average molecular weight is 364 g/mol. The third-order valence-corrected chi connectivity index (χ3v) is 4.78. The van der Waals surface area contributed by atoms with Crippen molar-refractivity contribution >= 4 is 33.6 Å². The Morgan fingerprint density at radius 1 is 1.14 bits per heavy atom. The smallest absolute Gasteiger partial charge is 0.252 e. The van der Waals surface area contributed by atoms with E-state index in [4.69, 9.17) is 0 Å². The molecule has 1 unspecified atom stereocenters. The van der Waals surface area contributed by atoms with Crippen LogP contribution >= 0.6 is 27.7 Å². The first-order valence-electron chi connectivity index (χ1n) is 6.78. The molecule has 0 aliphatic carbocycles. The van der Waals surface area contributed by atoms with E-state index in [1.807, 2.05) is 48.7 Å². The van der Waals surface area contributed by atoms with Crippen LogP contribution in [0.3, 0.4) is 0 Å². The lowest BCUT2D eigenvalue weighted by Crippen LogP contribution is -2.37. The Morgan fingerprint density at radius 2 is 1.81 bits per heavy atom. The van der Waals surface area contributed by atoms with Gasteiger partial charge in [-0.3, -0.25) is 4.79 Å². The predicted octanol–water partition coefficient (Wildman–Crippen LogP) is 4.14. The topological polar surface area (TPSA) is 29.1 Å². The number of thioether (sulfide) groups is 1. The van der Waals surface area contributed by atoms with Crippen LogP contribution in [0.2, 0.25) is 0 Å². The van der Waals surface area contributed by atoms with Gasteiger partial charge >= 0.3 is 0 Å². The van der Waals surface area contributed by atoms with Crippen molar-refractivity contribution < 1.29 is 4.79 Å². The van der Waals surface area contributed by atoms with Crippen LogP contribution in [0.25, 0.3) is 0 Å². The lowest BCUT2D eigenvalue weighted by molar-refractivity contribution is 0.0938. The number of hydrogen-bond donors (Lipinski definition) is 1. The van der Waals surface area contributed by atoms with E-state index in [1.54, 1.807) is 11.8 Å². The molecule has 21 heavy (non-hydrogen) atoms. The van der Waals surface area contributed by atoms with Crippen molar-refractivity contribution in [2.45, 2.75) is 17.4 Å². The average Bonchev–Trinajstić information content (AvgIpc) is 2.55. The summed E-state index contributed by atoms with van der Waals surface area (Å²) in [5, 5.41) is 3.84. The van der Waals surface area contributed by atoms with Crippen LogP contribution < -0.4 is 5.32 Å². The minimum Gasteiger partial charge on any atom is -0.348 e. The third kappa shape index (κ3) is 4.61. The van der Waals surface area contributed by atoms with Gasteiger partial charge < -0.3 is 5.32 Å². The Hall–Kier alpha value is -1.26. The molecule has 0 heterocycles. The molecule has 0 saturated carbocycles. The number of alkyl halides is 1. The van der Waals surface area contributed by atoms with Crippen LogP contribution in [0.4, 0.5) is 0 Å². The maximum atomic E-state index is 12.4. The van der Waals surface area contributed by atoms with Crippen LogP contribution in [0.15, 0.2) is 59.5 Å². The molecule has 1 N–H and O–H groups in total. The van der Waals surface area contributed by atoms with Crippen LogP contribution in [-0.4, -0.2) is 23.5 Å². The standard InChI is InChI=1S/C17H18BrNOS/c1-21-16-10-6-5-9-15(16)17(20)19-14(12-18)11-13-7-3-2-4-8-13/h2-10,14H,11-12H2,1H3,(H,19,20). The first-order valence-corrected chi connectivity index (χ1v) is 9.13. The summed E-state index contributed by atoms with van der Waals surface area (Å²) in [5.41, 5.74) is 1.96. The number of carbonyl (C=O) groups excluding carboxylic acids is 1. The molecule has 0 saturated heterocycles. The highest BCUT2D eigenvalue weighted by atomic mass is 79.9. The SMILES string of the molecule is CSc1ccccc1C(=O)NC(CBr)Cc1ccccc1. The minimum atomic E-state index is -0.0136. The molecule has 2 aromatic carbocycles. The molecule has 110 valence electrons. The molecule has 1 amide bonds. The Balaban J connectivity index is 2.06. The highest BCUT2D eigenvalue weighted by Gasteiger charge is 2.15. The van der Waals surface area contributed by atoms with Crippen molar-refractivity contribution in [3.8, 4) is 0 Å². The van der Waals surface area contributed by atoms with E-state index >= 15 is 0 Å². The highest BCUT2D eigenvalue weighted by Crippen LogP contribution is 2.20. The number of benzene rings is 2. The fourth-order valence-corrected chi connectivity index (χ4v) is 3.12. The summed E-state index contributed by atoms with van der Waals surface area (Å²) in [5.74, 6) is -0.0136. The predicted molar refractivity (Wildman–Crippen MR) is 93.4 cm³/mol. The van der Waals surface area contributed by atoms with Gasteiger partial charge in [0.15, 0.2) is 0 Å². The van der Waals surface area contributed by atoms with Crippen molar-refractivity contribution in [1.82, 2.24) is 5.32 Å². The quantitative estimate of drug-likeness (QED) is 0.617. The van der Waals surface area contributed by atoms with Crippen LogP contribution in [0.1, 0.15) is 15.9 Å². The summed E-state index contributed by atoms with van der Waals surface area (Å²) in [4.78, 5) is 13.4. The monoisotopic (exact) mass is 363 g/mol. The second-order valence-corrected chi connectivity index (χ2v) is 6.21. The zero-order valence-corrected chi connectivity index (χ0v) is 14.3. The zero-order valence-electron chi connectivity index (χ0n) is 11.9. The summed E-state index contributed by atoms with van der Waals surface area (Å²) in [6.07, 6.45) is 2.80. The molecule has 2 aromatic rings. The van der Waals surface area contributed by atoms with Gasteiger partial charge in [-0.15, -0.1) is 11.8 Å². The summed E-state index contributed by atoms with van der Waals surface area (Å²) in [6, 6.07) is 18.0. The van der Waals surface area contributed by atoms with Gasteiger partial charge in [-0.1, -0.05) is 58.4 Å². The van der Waals surface area contributed by atoms with E-state index in [0.29, 0.717) is 0 Å².